The van der Waals surface area contributed by atoms with Crippen LogP contribution in [-0.2, 0) is 27.3 Å². The minimum atomic E-state index is -0.947. The molecular formula is C21H29BrFNO5. The molecule has 0 aliphatic carbocycles. The Labute approximate surface area is 179 Å². The van der Waals surface area contributed by atoms with Crippen LogP contribution in [0.15, 0.2) is 18.2 Å². The van der Waals surface area contributed by atoms with E-state index in [0.717, 1.165) is 30.4 Å². The number of piperidine rings is 1. The molecular weight excluding hydrogens is 445 g/mol. The van der Waals surface area contributed by atoms with Crippen molar-refractivity contribution in [3.8, 4) is 5.75 Å². The van der Waals surface area contributed by atoms with E-state index in [0.29, 0.717) is 25.3 Å². The van der Waals surface area contributed by atoms with Crippen molar-refractivity contribution in [1.82, 2.24) is 4.90 Å². The maximum atomic E-state index is 12.3. The van der Waals surface area contributed by atoms with E-state index in [-0.39, 0.29) is 12.2 Å². The molecule has 1 aliphatic heterocycles. The number of benzene rings is 1. The summed E-state index contributed by atoms with van der Waals surface area (Å²) in [5.41, 5.74) is 1.41. The Morgan fingerprint density at radius 1 is 1.31 bits per heavy atom. The standard InChI is InChI=1S/C21H29BrFNO5/c1-5-14-11-16(9-8-15(14)12-18(22)19(25)29-23)27-17-7-6-10-24(13-17)20(26)28-21(2,3)4/h8-9,11,17-18H,5-7,10,12-13H2,1-4H3. The first-order valence-corrected chi connectivity index (χ1v) is 10.8. The second kappa shape index (κ2) is 10.3. The molecule has 1 saturated heterocycles. The molecule has 0 radical (unpaired) electrons. The SMILES string of the molecule is CCc1cc(OC2CCCN(C(=O)OC(C)(C)C)C2)ccc1CC(Br)C(=O)OF. The predicted octanol–water partition coefficient (Wildman–Crippen LogP) is 4.76. The molecule has 1 fully saturated rings. The van der Waals surface area contributed by atoms with Gasteiger partial charge in [0.05, 0.1) is 6.54 Å². The van der Waals surface area contributed by atoms with E-state index >= 15 is 0 Å². The summed E-state index contributed by atoms with van der Waals surface area (Å²) in [5, 5.41) is 0. The summed E-state index contributed by atoms with van der Waals surface area (Å²) in [6.07, 6.45) is 2.33. The van der Waals surface area contributed by atoms with Gasteiger partial charge in [0.2, 0.25) is 0 Å². The van der Waals surface area contributed by atoms with Gasteiger partial charge >= 0.3 is 12.1 Å². The summed E-state index contributed by atoms with van der Waals surface area (Å²) in [4.78, 5) is 27.9. The fourth-order valence-electron chi connectivity index (χ4n) is 3.25. The number of likely N-dealkylation sites (tertiary alicyclic amines) is 1. The third-order valence-electron chi connectivity index (χ3n) is 4.62. The molecule has 0 spiro atoms. The summed E-state index contributed by atoms with van der Waals surface area (Å²) in [6, 6.07) is 5.64. The van der Waals surface area contributed by atoms with Crippen LogP contribution in [0.2, 0.25) is 0 Å². The van der Waals surface area contributed by atoms with Gasteiger partial charge in [0, 0.05) is 11.1 Å². The van der Waals surface area contributed by atoms with Gasteiger partial charge in [0.15, 0.2) is 0 Å². The van der Waals surface area contributed by atoms with Crippen molar-refractivity contribution in [3.05, 3.63) is 29.3 Å². The smallest absolute Gasteiger partial charge is 0.410 e. The predicted molar refractivity (Wildman–Crippen MR) is 111 cm³/mol. The molecule has 8 heteroatoms. The third-order valence-corrected chi connectivity index (χ3v) is 5.32. The average molecular weight is 474 g/mol. The van der Waals surface area contributed by atoms with Crippen molar-refractivity contribution in [2.45, 2.75) is 69.9 Å². The molecule has 2 unspecified atom stereocenters. The highest BCUT2D eigenvalue weighted by atomic mass is 79.9. The first kappa shape index (κ1) is 23.4. The zero-order chi connectivity index (χ0) is 21.6. The van der Waals surface area contributed by atoms with E-state index in [2.05, 4.69) is 20.9 Å². The van der Waals surface area contributed by atoms with E-state index in [1.165, 1.54) is 0 Å². The lowest BCUT2D eigenvalue weighted by Gasteiger charge is -2.34. The Kier molecular flexibility index (Phi) is 8.31. The second-order valence-electron chi connectivity index (χ2n) is 8.16. The first-order chi connectivity index (χ1) is 13.6. The topological polar surface area (TPSA) is 65.1 Å². The fourth-order valence-corrected chi connectivity index (χ4v) is 3.67. The number of ether oxygens (including phenoxy) is 2. The molecule has 29 heavy (non-hydrogen) atoms. The van der Waals surface area contributed by atoms with Crippen molar-refractivity contribution in [1.29, 1.82) is 0 Å². The van der Waals surface area contributed by atoms with Gasteiger partial charge in [-0.3, -0.25) is 4.94 Å². The molecule has 162 valence electrons. The van der Waals surface area contributed by atoms with Crippen LogP contribution in [0.5, 0.6) is 5.75 Å². The summed E-state index contributed by atoms with van der Waals surface area (Å²) in [7, 11) is 0. The molecule has 1 heterocycles. The summed E-state index contributed by atoms with van der Waals surface area (Å²) in [6.45, 7) is 8.68. The lowest BCUT2D eigenvalue weighted by Crippen LogP contribution is -2.46. The van der Waals surface area contributed by atoms with Crippen LogP contribution in [0.4, 0.5) is 9.32 Å². The van der Waals surface area contributed by atoms with Crippen molar-refractivity contribution < 1.29 is 28.5 Å². The van der Waals surface area contributed by atoms with E-state index in [9.17, 15) is 14.1 Å². The van der Waals surface area contributed by atoms with Gasteiger partial charge in [-0.15, -0.1) is 0 Å². The number of carbonyl (C=O) groups excluding carboxylic acids is 2. The summed E-state index contributed by atoms with van der Waals surface area (Å²) >= 11 is 3.15. The number of alkyl halides is 1. The van der Waals surface area contributed by atoms with Crippen LogP contribution in [0, 0.1) is 0 Å². The van der Waals surface area contributed by atoms with Gasteiger partial charge in [-0.2, -0.15) is 0 Å². The molecule has 6 nitrogen and oxygen atoms in total. The molecule has 1 amide bonds. The van der Waals surface area contributed by atoms with Crippen LogP contribution in [0.1, 0.15) is 51.7 Å². The van der Waals surface area contributed by atoms with Crippen LogP contribution in [0.3, 0.4) is 0 Å². The van der Waals surface area contributed by atoms with Gasteiger partial charge in [-0.05, 0) is 69.7 Å². The zero-order valence-corrected chi connectivity index (χ0v) is 19.0. The lowest BCUT2D eigenvalue weighted by atomic mass is 10.0. The van der Waals surface area contributed by atoms with E-state index in [1.807, 2.05) is 45.9 Å². The molecule has 2 rings (SSSR count). The van der Waals surface area contributed by atoms with Gasteiger partial charge < -0.3 is 14.4 Å². The van der Waals surface area contributed by atoms with Crippen LogP contribution in [-0.4, -0.2) is 46.6 Å². The number of hydrogen-bond acceptors (Lipinski definition) is 5. The van der Waals surface area contributed by atoms with Gasteiger partial charge in [-0.1, -0.05) is 28.9 Å². The number of amides is 1. The number of nitrogens with zero attached hydrogens (tertiary/aromatic N) is 1. The van der Waals surface area contributed by atoms with Crippen LogP contribution < -0.4 is 4.74 Å². The zero-order valence-electron chi connectivity index (χ0n) is 17.4. The minimum Gasteiger partial charge on any atom is -0.489 e. The molecule has 1 aromatic carbocycles. The van der Waals surface area contributed by atoms with Crippen molar-refractivity contribution >= 4 is 28.0 Å². The third kappa shape index (κ3) is 7.17. The molecule has 0 bridgehead atoms. The second-order valence-corrected chi connectivity index (χ2v) is 9.27. The minimum absolute atomic E-state index is 0.114. The van der Waals surface area contributed by atoms with Crippen molar-refractivity contribution in [3.63, 3.8) is 0 Å². The maximum Gasteiger partial charge on any atom is 0.410 e. The highest BCUT2D eigenvalue weighted by Gasteiger charge is 2.28. The first-order valence-electron chi connectivity index (χ1n) is 9.85. The Bertz CT molecular complexity index is 722. The summed E-state index contributed by atoms with van der Waals surface area (Å²) < 4.78 is 23.7. The number of hydrogen-bond donors (Lipinski definition) is 0. The van der Waals surface area contributed by atoms with E-state index in [1.54, 1.807) is 4.90 Å². The molecule has 0 saturated carbocycles. The number of carbonyl (C=O) groups is 2. The number of halogens is 2. The van der Waals surface area contributed by atoms with Crippen molar-refractivity contribution in [2.24, 2.45) is 0 Å². The van der Waals surface area contributed by atoms with Crippen LogP contribution >= 0.6 is 15.9 Å². The highest BCUT2D eigenvalue weighted by molar-refractivity contribution is 9.10. The Morgan fingerprint density at radius 2 is 2.03 bits per heavy atom. The monoisotopic (exact) mass is 473 g/mol. The van der Waals surface area contributed by atoms with Gasteiger partial charge in [0.25, 0.3) is 0 Å². The summed E-state index contributed by atoms with van der Waals surface area (Å²) in [5.74, 6) is -0.238. The largest absolute Gasteiger partial charge is 0.489 e. The quantitative estimate of drug-likeness (QED) is 0.557. The molecule has 1 aromatic rings. The molecule has 0 N–H and O–H groups in total. The van der Waals surface area contributed by atoms with Gasteiger partial charge in [-0.25, -0.2) is 9.59 Å². The van der Waals surface area contributed by atoms with Gasteiger partial charge in [0.1, 0.15) is 22.3 Å². The van der Waals surface area contributed by atoms with Crippen LogP contribution in [0.25, 0.3) is 0 Å². The Hall–Kier alpha value is -1.83. The molecule has 1 aliphatic rings. The lowest BCUT2D eigenvalue weighted by molar-refractivity contribution is -0.182. The number of aryl methyl sites for hydroxylation is 1. The average Bonchev–Trinajstić information content (AvgIpc) is 2.67. The maximum absolute atomic E-state index is 12.3. The Morgan fingerprint density at radius 3 is 2.66 bits per heavy atom. The number of rotatable bonds is 6. The highest BCUT2D eigenvalue weighted by Crippen LogP contribution is 2.25. The van der Waals surface area contributed by atoms with E-state index in [4.69, 9.17) is 9.47 Å². The molecule has 2 atom stereocenters. The molecule has 0 aromatic heterocycles. The fraction of sp³-hybridized carbons (Fsp3) is 0.619. The Balaban J connectivity index is 2.02. The van der Waals surface area contributed by atoms with Crippen molar-refractivity contribution in [2.75, 3.05) is 13.1 Å². The van der Waals surface area contributed by atoms with E-state index < -0.39 is 16.4 Å². The normalized spacial score (nSPS) is 18.1.